The predicted octanol–water partition coefficient (Wildman–Crippen LogP) is 1.12. The van der Waals surface area contributed by atoms with Gasteiger partial charge in [0.05, 0.1) is 35.9 Å². The second kappa shape index (κ2) is 11.0. The fraction of sp³-hybridized carbons (Fsp3) is 0.400. The van der Waals surface area contributed by atoms with Gasteiger partial charge in [0.1, 0.15) is 24.1 Å². The molecule has 1 saturated heterocycles. The van der Waals surface area contributed by atoms with Crippen LogP contribution >= 0.6 is 0 Å². The molecule has 42 heavy (non-hydrogen) atoms. The van der Waals surface area contributed by atoms with Crippen molar-refractivity contribution in [1.29, 1.82) is 0 Å². The van der Waals surface area contributed by atoms with Gasteiger partial charge in [0, 0.05) is 6.04 Å². The maximum Gasteiger partial charge on any atom is 0.345 e. The summed E-state index contributed by atoms with van der Waals surface area (Å²) in [6, 6.07) is 4.00. The molecular formula is C25H27FN8O7S. The standard InChI is InChI=1S/C25H27FN8O7S/c26-13-5-7-16(8-6-13)42(39,40)25(38)30-15-9-28-34(10-15)24-31-21(29-14-3-1-2-4-14)18-22(32-24)33(12-27-18)23-20(37)19(36)17(11-35)41-23/h5-10,12,14,17,19-20,23,35-37H,1-4,11H2,(H,30,38)(H,29,31,32)/t17-,19?,20?,23-/m1/s1. The summed E-state index contributed by atoms with van der Waals surface area (Å²) in [6.45, 7) is -0.505. The van der Waals surface area contributed by atoms with E-state index in [2.05, 4.69) is 30.7 Å². The van der Waals surface area contributed by atoms with Gasteiger partial charge in [-0.15, -0.1) is 0 Å². The van der Waals surface area contributed by atoms with Crippen LogP contribution in [0.5, 0.6) is 0 Å². The number of carbonyl (C=O) groups is 1. The Hall–Kier alpha value is -4.03. The van der Waals surface area contributed by atoms with Gasteiger partial charge in [0.25, 0.3) is 15.8 Å². The predicted molar refractivity (Wildman–Crippen MR) is 144 cm³/mol. The Labute approximate surface area is 237 Å². The maximum absolute atomic E-state index is 13.2. The van der Waals surface area contributed by atoms with E-state index >= 15 is 0 Å². The van der Waals surface area contributed by atoms with E-state index in [-0.39, 0.29) is 28.2 Å². The average Bonchev–Trinajstić information content (AvgIpc) is 3.78. The molecule has 1 aliphatic heterocycles. The highest BCUT2D eigenvalue weighted by Crippen LogP contribution is 2.33. The van der Waals surface area contributed by atoms with Gasteiger partial charge in [0.2, 0.25) is 0 Å². The zero-order valence-electron chi connectivity index (χ0n) is 21.9. The third-order valence-electron chi connectivity index (χ3n) is 7.30. The average molecular weight is 603 g/mol. The van der Waals surface area contributed by atoms with Crippen molar-refractivity contribution in [3.05, 3.63) is 48.8 Å². The normalized spacial score (nSPS) is 23.0. The number of aliphatic hydroxyl groups excluding tert-OH is 3. The Morgan fingerprint density at radius 1 is 1.12 bits per heavy atom. The Morgan fingerprint density at radius 3 is 2.55 bits per heavy atom. The molecule has 1 aromatic carbocycles. The van der Waals surface area contributed by atoms with Crippen molar-refractivity contribution in [2.75, 3.05) is 17.2 Å². The minimum Gasteiger partial charge on any atom is -0.394 e. The van der Waals surface area contributed by atoms with Crippen molar-refractivity contribution >= 4 is 37.7 Å². The molecule has 2 unspecified atom stereocenters. The zero-order valence-corrected chi connectivity index (χ0v) is 22.7. The number of imidazole rings is 1. The van der Waals surface area contributed by atoms with Gasteiger partial charge >= 0.3 is 5.24 Å². The van der Waals surface area contributed by atoms with Crippen LogP contribution in [-0.2, 0) is 14.6 Å². The number of aliphatic hydroxyl groups is 3. The van der Waals surface area contributed by atoms with E-state index in [1.54, 1.807) is 0 Å². The number of anilines is 2. The maximum atomic E-state index is 13.2. The molecule has 222 valence electrons. The fourth-order valence-electron chi connectivity index (χ4n) is 5.07. The molecule has 0 radical (unpaired) electrons. The fourth-order valence-corrected chi connectivity index (χ4v) is 6.03. The molecule has 17 heteroatoms. The molecule has 15 nitrogen and oxygen atoms in total. The first kappa shape index (κ1) is 28.1. The Balaban J connectivity index is 1.33. The highest BCUT2D eigenvalue weighted by atomic mass is 32.2. The van der Waals surface area contributed by atoms with E-state index in [1.807, 2.05) is 0 Å². The number of fused-ring (bicyclic) bond motifs is 1. The van der Waals surface area contributed by atoms with Crippen LogP contribution in [0.15, 0.2) is 47.9 Å². The lowest BCUT2D eigenvalue weighted by molar-refractivity contribution is -0.0511. The number of amides is 1. The Bertz CT molecular complexity index is 1720. The van der Waals surface area contributed by atoms with Gasteiger partial charge in [-0.1, -0.05) is 12.8 Å². The third-order valence-corrected chi connectivity index (χ3v) is 8.78. The SMILES string of the molecule is O=C(Nc1cnn(-c2nc(NC3CCCC3)c3ncn([C@@H]4O[C@H](CO)C(O)C4O)c3n2)c1)S(=O)(=O)c1ccc(F)cc1. The third kappa shape index (κ3) is 5.09. The molecule has 4 atom stereocenters. The van der Waals surface area contributed by atoms with Crippen LogP contribution in [0.1, 0.15) is 31.9 Å². The van der Waals surface area contributed by atoms with Crippen molar-refractivity contribution in [2.45, 2.75) is 61.2 Å². The first-order chi connectivity index (χ1) is 20.2. The number of halogens is 1. The smallest absolute Gasteiger partial charge is 0.345 e. The van der Waals surface area contributed by atoms with Crippen molar-refractivity contribution in [3.8, 4) is 5.95 Å². The number of nitrogens with one attached hydrogen (secondary N) is 2. The molecule has 2 aliphatic rings. The van der Waals surface area contributed by atoms with E-state index in [0.717, 1.165) is 49.9 Å². The molecule has 3 aromatic heterocycles. The van der Waals surface area contributed by atoms with Gasteiger partial charge in [-0.2, -0.15) is 15.1 Å². The molecule has 1 saturated carbocycles. The highest BCUT2D eigenvalue weighted by Gasteiger charge is 2.44. The lowest BCUT2D eigenvalue weighted by Crippen LogP contribution is -2.33. The molecule has 0 bridgehead atoms. The molecule has 1 amide bonds. The minimum atomic E-state index is -4.46. The van der Waals surface area contributed by atoms with Crippen LogP contribution in [0.2, 0.25) is 0 Å². The van der Waals surface area contributed by atoms with Crippen molar-refractivity contribution < 1.29 is 37.7 Å². The monoisotopic (exact) mass is 602 g/mol. The highest BCUT2D eigenvalue weighted by molar-refractivity contribution is 8.06. The number of carbonyl (C=O) groups excluding carboxylic acids is 1. The van der Waals surface area contributed by atoms with Crippen molar-refractivity contribution in [1.82, 2.24) is 29.3 Å². The van der Waals surface area contributed by atoms with E-state index in [4.69, 9.17) is 4.74 Å². The molecule has 0 spiro atoms. The van der Waals surface area contributed by atoms with Crippen molar-refractivity contribution in [3.63, 3.8) is 0 Å². The Kier molecular flexibility index (Phi) is 7.36. The minimum absolute atomic E-state index is 0.0247. The number of hydrogen-bond donors (Lipinski definition) is 5. The number of benzene rings is 1. The molecule has 2 fully saturated rings. The summed E-state index contributed by atoms with van der Waals surface area (Å²) >= 11 is 0. The quantitative estimate of drug-likeness (QED) is 0.189. The van der Waals surface area contributed by atoms with Crippen LogP contribution in [-0.4, -0.2) is 89.2 Å². The number of ether oxygens (including phenoxy) is 1. The van der Waals surface area contributed by atoms with E-state index in [9.17, 15) is 32.9 Å². The summed E-state index contributed by atoms with van der Waals surface area (Å²) in [5, 5.41) is 38.9. The second-order valence-corrected chi connectivity index (χ2v) is 11.9. The molecule has 4 heterocycles. The summed E-state index contributed by atoms with van der Waals surface area (Å²) < 4.78 is 46.8. The number of nitrogens with zero attached hydrogens (tertiary/aromatic N) is 6. The van der Waals surface area contributed by atoms with Crippen LogP contribution in [0.3, 0.4) is 0 Å². The van der Waals surface area contributed by atoms with E-state index < -0.39 is 52.0 Å². The topological polar surface area (TPSA) is 207 Å². The number of sulfone groups is 1. The zero-order chi connectivity index (χ0) is 29.6. The number of hydrogen-bond acceptors (Lipinski definition) is 12. The van der Waals surface area contributed by atoms with Crippen LogP contribution < -0.4 is 10.6 Å². The van der Waals surface area contributed by atoms with Gasteiger partial charge in [-0.25, -0.2) is 22.5 Å². The van der Waals surface area contributed by atoms with Crippen LogP contribution in [0.25, 0.3) is 17.1 Å². The van der Waals surface area contributed by atoms with E-state index in [1.165, 1.54) is 28.0 Å². The molecule has 6 rings (SSSR count). The van der Waals surface area contributed by atoms with Crippen LogP contribution in [0.4, 0.5) is 20.7 Å². The van der Waals surface area contributed by atoms with Gasteiger partial charge in [-0.3, -0.25) is 9.36 Å². The largest absolute Gasteiger partial charge is 0.394 e. The van der Waals surface area contributed by atoms with Crippen LogP contribution in [0, 0.1) is 5.82 Å². The van der Waals surface area contributed by atoms with Crippen molar-refractivity contribution in [2.24, 2.45) is 0 Å². The summed E-state index contributed by atoms with van der Waals surface area (Å²) in [5.74, 6) is -0.236. The van der Waals surface area contributed by atoms with E-state index in [0.29, 0.717) is 11.3 Å². The molecular weight excluding hydrogens is 575 g/mol. The lowest BCUT2D eigenvalue weighted by Gasteiger charge is -2.18. The molecule has 1 aliphatic carbocycles. The molecule has 5 N–H and O–H groups in total. The Morgan fingerprint density at radius 2 is 1.86 bits per heavy atom. The first-order valence-corrected chi connectivity index (χ1v) is 14.6. The molecule has 4 aromatic rings. The summed E-state index contributed by atoms with van der Waals surface area (Å²) in [7, 11) is -4.46. The number of rotatable bonds is 7. The summed E-state index contributed by atoms with van der Waals surface area (Å²) in [6.07, 6.45) is 3.04. The number of aromatic nitrogens is 6. The first-order valence-electron chi connectivity index (χ1n) is 13.2. The van der Waals surface area contributed by atoms with Gasteiger partial charge in [-0.05, 0) is 37.1 Å². The second-order valence-electron chi connectivity index (χ2n) is 10.1. The lowest BCUT2D eigenvalue weighted by atomic mass is 10.1. The summed E-state index contributed by atoms with van der Waals surface area (Å²) in [4.78, 5) is 25.8. The van der Waals surface area contributed by atoms with Gasteiger partial charge in [0.15, 0.2) is 23.2 Å². The van der Waals surface area contributed by atoms with Gasteiger partial charge < -0.3 is 30.7 Å². The summed E-state index contributed by atoms with van der Waals surface area (Å²) in [5.41, 5.74) is 0.626.